The first kappa shape index (κ1) is 22.4. The fourth-order valence-electron chi connectivity index (χ4n) is 2.92. The number of carbonyl (C=O) groups excluding carboxylic acids is 1. The van der Waals surface area contributed by atoms with Gasteiger partial charge in [-0.15, -0.1) is 11.8 Å². The highest BCUT2D eigenvalue weighted by molar-refractivity contribution is 7.98. The van der Waals surface area contributed by atoms with Gasteiger partial charge < -0.3 is 19.4 Å². The Kier molecular flexibility index (Phi) is 6.96. The van der Waals surface area contributed by atoms with Gasteiger partial charge in [-0.05, 0) is 29.8 Å². The van der Waals surface area contributed by atoms with Gasteiger partial charge >= 0.3 is 5.97 Å². The summed E-state index contributed by atoms with van der Waals surface area (Å²) in [4.78, 5) is 24.4. The fraction of sp³-hybridized carbons (Fsp3) is 0.182. The first-order chi connectivity index (χ1) is 14.8. The molecule has 3 rings (SSSR count). The first-order valence-corrected chi connectivity index (χ1v) is 10.1. The van der Waals surface area contributed by atoms with Crippen LogP contribution >= 0.6 is 11.8 Å². The molecule has 6 nitrogen and oxygen atoms in total. The molecule has 3 aromatic rings. The van der Waals surface area contributed by atoms with Crippen molar-refractivity contribution in [3.05, 3.63) is 87.5 Å². The Morgan fingerprint density at radius 2 is 1.84 bits per heavy atom. The number of halogens is 2. The molecule has 0 aliphatic heterocycles. The molecule has 0 saturated heterocycles. The van der Waals surface area contributed by atoms with Gasteiger partial charge in [0.25, 0.3) is 0 Å². The van der Waals surface area contributed by atoms with Gasteiger partial charge in [0.2, 0.25) is 11.2 Å². The van der Waals surface area contributed by atoms with Crippen LogP contribution in [0.5, 0.6) is 11.5 Å². The third kappa shape index (κ3) is 5.43. The van der Waals surface area contributed by atoms with Crippen LogP contribution in [0.15, 0.2) is 62.6 Å². The Labute approximate surface area is 180 Å². The van der Waals surface area contributed by atoms with Crippen molar-refractivity contribution in [2.24, 2.45) is 0 Å². The Bertz CT molecular complexity index is 1140. The van der Waals surface area contributed by atoms with E-state index in [-0.39, 0.29) is 34.3 Å². The molecule has 2 aromatic carbocycles. The lowest BCUT2D eigenvalue weighted by atomic mass is 9.92. The molecule has 0 amide bonds. The Morgan fingerprint density at radius 3 is 2.48 bits per heavy atom. The number of hydrogen-bond acceptors (Lipinski definition) is 7. The first-order valence-electron chi connectivity index (χ1n) is 9.08. The standard InChI is InChI=1S/C22H18F2O6S/c1-29-20(27)10-16(12-2-5-14(25)6-3-12)22-21(28)18(26)9-15(30-22)11-31-19-7-4-13(23)8-17(19)24/h2-9,16,25,28H,10-11H2,1H3. The smallest absolute Gasteiger partial charge is 0.306 e. The minimum Gasteiger partial charge on any atom is -0.508 e. The van der Waals surface area contributed by atoms with E-state index in [0.29, 0.717) is 5.56 Å². The van der Waals surface area contributed by atoms with Crippen molar-refractivity contribution >= 4 is 17.7 Å². The average molecular weight is 448 g/mol. The van der Waals surface area contributed by atoms with E-state index in [1.54, 1.807) is 0 Å². The fourth-order valence-corrected chi connectivity index (χ4v) is 3.72. The van der Waals surface area contributed by atoms with Crippen LogP contribution in [0.3, 0.4) is 0 Å². The number of phenols is 1. The van der Waals surface area contributed by atoms with E-state index in [0.717, 1.165) is 30.0 Å². The third-order valence-electron chi connectivity index (χ3n) is 4.47. The number of esters is 1. The molecule has 0 spiro atoms. The highest BCUT2D eigenvalue weighted by Gasteiger charge is 2.26. The summed E-state index contributed by atoms with van der Waals surface area (Å²) in [7, 11) is 1.20. The molecule has 1 aromatic heterocycles. The molecule has 0 aliphatic rings. The molecular formula is C22H18F2O6S. The van der Waals surface area contributed by atoms with Crippen LogP contribution in [0.2, 0.25) is 0 Å². The van der Waals surface area contributed by atoms with Gasteiger partial charge in [0, 0.05) is 17.0 Å². The monoisotopic (exact) mass is 448 g/mol. The zero-order chi connectivity index (χ0) is 22.5. The summed E-state index contributed by atoms with van der Waals surface area (Å²) in [5.41, 5.74) is -0.235. The lowest BCUT2D eigenvalue weighted by molar-refractivity contribution is -0.140. The highest BCUT2D eigenvalue weighted by Crippen LogP contribution is 2.35. The van der Waals surface area contributed by atoms with Crippen molar-refractivity contribution in [3.63, 3.8) is 0 Å². The molecule has 0 fully saturated rings. The molecule has 1 heterocycles. The van der Waals surface area contributed by atoms with Gasteiger partial charge in [0.05, 0.1) is 25.2 Å². The second-order valence-electron chi connectivity index (χ2n) is 6.58. The third-order valence-corrected chi connectivity index (χ3v) is 5.55. The molecule has 31 heavy (non-hydrogen) atoms. The van der Waals surface area contributed by atoms with Crippen molar-refractivity contribution in [1.82, 2.24) is 0 Å². The summed E-state index contributed by atoms with van der Waals surface area (Å²) in [6.07, 6.45) is -0.235. The van der Waals surface area contributed by atoms with Gasteiger partial charge in [-0.2, -0.15) is 0 Å². The van der Waals surface area contributed by atoms with Crippen molar-refractivity contribution in [3.8, 4) is 11.5 Å². The number of phenolic OH excluding ortho intramolecular Hbond substituents is 1. The van der Waals surface area contributed by atoms with Crippen LogP contribution in [0, 0.1) is 11.6 Å². The van der Waals surface area contributed by atoms with Gasteiger partial charge in [0.1, 0.15) is 23.1 Å². The van der Waals surface area contributed by atoms with Crippen LogP contribution < -0.4 is 5.43 Å². The highest BCUT2D eigenvalue weighted by atomic mass is 32.2. The van der Waals surface area contributed by atoms with E-state index >= 15 is 0 Å². The summed E-state index contributed by atoms with van der Waals surface area (Å²) < 4.78 is 37.4. The quantitative estimate of drug-likeness (QED) is 0.410. The average Bonchev–Trinajstić information content (AvgIpc) is 2.74. The van der Waals surface area contributed by atoms with E-state index < -0.39 is 34.7 Å². The van der Waals surface area contributed by atoms with Gasteiger partial charge in [-0.1, -0.05) is 12.1 Å². The van der Waals surface area contributed by atoms with Crippen molar-refractivity contribution < 1.29 is 32.9 Å². The Hall–Kier alpha value is -3.33. The summed E-state index contributed by atoms with van der Waals surface area (Å²) in [5, 5.41) is 19.9. The number of benzene rings is 2. The number of methoxy groups -OCH3 is 1. The van der Waals surface area contributed by atoms with Crippen LogP contribution in [-0.2, 0) is 15.3 Å². The molecule has 162 valence electrons. The molecule has 0 bridgehead atoms. The van der Waals surface area contributed by atoms with E-state index in [1.165, 1.54) is 37.4 Å². The summed E-state index contributed by atoms with van der Waals surface area (Å²) >= 11 is 0.979. The predicted octanol–water partition coefficient (Wildman–Crippen LogP) is 4.32. The maximum atomic E-state index is 13.9. The second-order valence-corrected chi connectivity index (χ2v) is 7.59. The molecule has 9 heteroatoms. The maximum absolute atomic E-state index is 13.9. The SMILES string of the molecule is COC(=O)CC(c1ccc(O)cc1)c1oc(CSc2ccc(F)cc2F)cc(=O)c1O. The van der Waals surface area contributed by atoms with E-state index in [4.69, 9.17) is 9.15 Å². The summed E-state index contributed by atoms with van der Waals surface area (Å²) in [5.74, 6) is -3.60. The predicted molar refractivity (Wildman–Crippen MR) is 109 cm³/mol. The van der Waals surface area contributed by atoms with Crippen LogP contribution in [0.4, 0.5) is 8.78 Å². The number of aromatic hydroxyl groups is 2. The zero-order valence-corrected chi connectivity index (χ0v) is 17.1. The minimum absolute atomic E-state index is 0.00211. The Balaban J connectivity index is 1.97. The molecule has 1 unspecified atom stereocenters. The zero-order valence-electron chi connectivity index (χ0n) is 16.3. The summed E-state index contributed by atoms with van der Waals surface area (Å²) in [6.45, 7) is 0. The van der Waals surface area contributed by atoms with E-state index in [2.05, 4.69) is 0 Å². The lowest BCUT2D eigenvalue weighted by Crippen LogP contribution is -2.14. The number of rotatable bonds is 7. The van der Waals surface area contributed by atoms with Gasteiger partial charge in [-0.25, -0.2) is 8.78 Å². The summed E-state index contributed by atoms with van der Waals surface area (Å²) in [6, 6.07) is 10.0. The van der Waals surface area contributed by atoms with E-state index in [1.807, 2.05) is 0 Å². The molecule has 2 N–H and O–H groups in total. The number of thioether (sulfide) groups is 1. The maximum Gasteiger partial charge on any atom is 0.306 e. The lowest BCUT2D eigenvalue weighted by Gasteiger charge is -2.17. The topological polar surface area (TPSA) is 97.0 Å². The van der Waals surface area contributed by atoms with Crippen molar-refractivity contribution in [2.75, 3.05) is 7.11 Å². The van der Waals surface area contributed by atoms with Crippen LogP contribution in [0.25, 0.3) is 0 Å². The van der Waals surface area contributed by atoms with Crippen molar-refractivity contribution in [2.45, 2.75) is 23.0 Å². The molecule has 0 aliphatic carbocycles. The molecule has 0 radical (unpaired) electrons. The van der Waals surface area contributed by atoms with Crippen molar-refractivity contribution in [1.29, 1.82) is 0 Å². The number of hydrogen-bond donors (Lipinski definition) is 2. The molecular weight excluding hydrogens is 430 g/mol. The number of ether oxygens (including phenoxy) is 1. The minimum atomic E-state index is -0.867. The van der Waals surface area contributed by atoms with Crippen LogP contribution in [0.1, 0.15) is 29.4 Å². The molecule has 0 saturated carbocycles. The van der Waals surface area contributed by atoms with Crippen LogP contribution in [-0.4, -0.2) is 23.3 Å². The van der Waals surface area contributed by atoms with Gasteiger partial charge in [-0.3, -0.25) is 9.59 Å². The number of carbonyl (C=O) groups is 1. The normalized spacial score (nSPS) is 11.8. The van der Waals surface area contributed by atoms with E-state index in [9.17, 15) is 28.6 Å². The second kappa shape index (κ2) is 9.65. The largest absolute Gasteiger partial charge is 0.508 e. The molecule has 1 atom stereocenters. The Morgan fingerprint density at radius 1 is 1.13 bits per heavy atom. The van der Waals surface area contributed by atoms with Gasteiger partial charge in [0.15, 0.2) is 5.76 Å².